The van der Waals surface area contributed by atoms with Gasteiger partial charge in [0.1, 0.15) is 0 Å². The molecule has 1 aromatic carbocycles. The van der Waals surface area contributed by atoms with Gasteiger partial charge in [0.05, 0.1) is 11.9 Å². The molecule has 0 amide bonds. The molecular weight excluding hydrogens is 320 g/mol. The van der Waals surface area contributed by atoms with Crippen LogP contribution in [0.2, 0.25) is 0 Å². The largest absolute Gasteiger partial charge is 0.299 e. The Balaban J connectivity index is 1.36. The number of aryl methyl sites for hydroxylation is 2. The summed E-state index contributed by atoms with van der Waals surface area (Å²) in [6, 6.07) is 12.7. The Labute approximate surface area is 155 Å². The van der Waals surface area contributed by atoms with Crippen LogP contribution in [0.3, 0.4) is 0 Å². The van der Waals surface area contributed by atoms with Gasteiger partial charge in [-0.3, -0.25) is 9.88 Å². The van der Waals surface area contributed by atoms with Crippen LogP contribution >= 0.6 is 0 Å². The fraction of sp³-hybridized carbons (Fsp3) is 0.364. The zero-order valence-corrected chi connectivity index (χ0v) is 15.6. The van der Waals surface area contributed by atoms with E-state index in [1.807, 2.05) is 23.1 Å². The van der Waals surface area contributed by atoms with Gasteiger partial charge < -0.3 is 0 Å². The second-order valence-electron chi connectivity index (χ2n) is 7.48. The van der Waals surface area contributed by atoms with Crippen molar-refractivity contribution in [1.29, 1.82) is 0 Å². The smallest absolute Gasteiger partial charge is 0.0648 e. The summed E-state index contributed by atoms with van der Waals surface area (Å²) in [4.78, 5) is 7.01. The minimum Gasteiger partial charge on any atom is -0.299 e. The van der Waals surface area contributed by atoms with Gasteiger partial charge in [-0.15, -0.1) is 0 Å². The third kappa shape index (κ3) is 3.86. The first-order valence-corrected chi connectivity index (χ1v) is 9.41. The Kier molecular flexibility index (Phi) is 4.85. The average Bonchev–Trinajstić information content (AvgIpc) is 3.28. The van der Waals surface area contributed by atoms with Crippen molar-refractivity contribution in [2.24, 2.45) is 5.92 Å². The lowest BCUT2D eigenvalue weighted by molar-refractivity contribution is 0.316. The maximum absolute atomic E-state index is 4.57. The molecular formula is C22H26N4. The molecule has 0 radical (unpaired) electrons. The SMILES string of the molecule is Cc1ccc(-n2cc(CN3CCC(Cc4ccccn4)C3)cn2)cc1C. The van der Waals surface area contributed by atoms with Crippen LogP contribution in [-0.4, -0.2) is 32.8 Å². The van der Waals surface area contributed by atoms with Crippen molar-refractivity contribution in [1.82, 2.24) is 19.7 Å². The van der Waals surface area contributed by atoms with Gasteiger partial charge in [-0.05, 0) is 74.5 Å². The summed E-state index contributed by atoms with van der Waals surface area (Å²) in [5.41, 5.74) is 6.24. The van der Waals surface area contributed by atoms with Crippen LogP contribution in [0.15, 0.2) is 55.0 Å². The summed E-state index contributed by atoms with van der Waals surface area (Å²) in [7, 11) is 0. The number of aromatic nitrogens is 3. The first-order valence-electron chi connectivity index (χ1n) is 9.41. The molecule has 26 heavy (non-hydrogen) atoms. The summed E-state index contributed by atoms with van der Waals surface area (Å²) < 4.78 is 1.99. The monoisotopic (exact) mass is 346 g/mol. The van der Waals surface area contributed by atoms with E-state index in [0.29, 0.717) is 5.92 Å². The van der Waals surface area contributed by atoms with Gasteiger partial charge in [0.25, 0.3) is 0 Å². The van der Waals surface area contributed by atoms with Crippen LogP contribution in [0.25, 0.3) is 5.69 Å². The Morgan fingerprint density at radius 2 is 2.04 bits per heavy atom. The van der Waals surface area contributed by atoms with Crippen molar-refractivity contribution in [3.63, 3.8) is 0 Å². The number of benzene rings is 1. The van der Waals surface area contributed by atoms with Crippen molar-refractivity contribution in [3.8, 4) is 5.69 Å². The van der Waals surface area contributed by atoms with E-state index in [1.54, 1.807) is 0 Å². The van der Waals surface area contributed by atoms with Crippen molar-refractivity contribution >= 4 is 0 Å². The van der Waals surface area contributed by atoms with Crippen LogP contribution in [-0.2, 0) is 13.0 Å². The molecule has 0 aliphatic carbocycles. The lowest BCUT2D eigenvalue weighted by Crippen LogP contribution is -2.20. The molecule has 1 aliphatic rings. The lowest BCUT2D eigenvalue weighted by Gasteiger charge is -2.14. The van der Waals surface area contributed by atoms with Gasteiger partial charge in [0.15, 0.2) is 0 Å². The second kappa shape index (κ2) is 7.42. The van der Waals surface area contributed by atoms with Gasteiger partial charge in [0.2, 0.25) is 0 Å². The van der Waals surface area contributed by atoms with Gasteiger partial charge in [-0.1, -0.05) is 12.1 Å². The highest BCUT2D eigenvalue weighted by atomic mass is 15.3. The molecule has 2 aromatic heterocycles. The topological polar surface area (TPSA) is 34.0 Å². The summed E-state index contributed by atoms with van der Waals surface area (Å²) in [6.45, 7) is 7.57. The molecule has 1 unspecified atom stereocenters. The van der Waals surface area contributed by atoms with Crippen molar-refractivity contribution in [2.45, 2.75) is 33.2 Å². The van der Waals surface area contributed by atoms with Crippen molar-refractivity contribution in [3.05, 3.63) is 77.4 Å². The van der Waals surface area contributed by atoms with E-state index in [4.69, 9.17) is 0 Å². The molecule has 3 heterocycles. The van der Waals surface area contributed by atoms with E-state index in [1.165, 1.54) is 28.8 Å². The van der Waals surface area contributed by atoms with Crippen LogP contribution in [0.4, 0.5) is 0 Å². The molecule has 0 spiro atoms. The maximum atomic E-state index is 4.57. The van der Waals surface area contributed by atoms with Crippen LogP contribution in [0.5, 0.6) is 0 Å². The third-order valence-electron chi connectivity index (χ3n) is 5.39. The van der Waals surface area contributed by atoms with E-state index in [-0.39, 0.29) is 0 Å². The minimum atomic E-state index is 0.708. The first kappa shape index (κ1) is 17.0. The predicted molar refractivity (Wildman–Crippen MR) is 104 cm³/mol. The minimum absolute atomic E-state index is 0.708. The van der Waals surface area contributed by atoms with Gasteiger partial charge >= 0.3 is 0 Å². The third-order valence-corrected chi connectivity index (χ3v) is 5.39. The highest BCUT2D eigenvalue weighted by Crippen LogP contribution is 2.22. The van der Waals surface area contributed by atoms with Crippen molar-refractivity contribution in [2.75, 3.05) is 13.1 Å². The fourth-order valence-corrected chi connectivity index (χ4v) is 3.75. The van der Waals surface area contributed by atoms with Gasteiger partial charge in [0, 0.05) is 36.7 Å². The summed E-state index contributed by atoms with van der Waals surface area (Å²) in [5, 5.41) is 4.57. The Morgan fingerprint density at radius 3 is 2.85 bits per heavy atom. The second-order valence-corrected chi connectivity index (χ2v) is 7.48. The Hall–Kier alpha value is -2.46. The molecule has 1 atom stereocenters. The van der Waals surface area contributed by atoms with Crippen LogP contribution in [0.1, 0.15) is 28.8 Å². The highest BCUT2D eigenvalue weighted by molar-refractivity contribution is 5.39. The molecule has 4 rings (SSSR count). The molecule has 4 heteroatoms. The van der Waals surface area contributed by atoms with Gasteiger partial charge in [-0.25, -0.2) is 4.68 Å². The molecule has 134 valence electrons. The van der Waals surface area contributed by atoms with Crippen LogP contribution < -0.4 is 0 Å². The number of nitrogens with zero attached hydrogens (tertiary/aromatic N) is 4. The normalized spacial score (nSPS) is 17.7. The van der Waals surface area contributed by atoms with E-state index in [2.05, 4.69) is 65.4 Å². The Morgan fingerprint density at radius 1 is 1.12 bits per heavy atom. The highest BCUT2D eigenvalue weighted by Gasteiger charge is 2.23. The summed E-state index contributed by atoms with van der Waals surface area (Å²) >= 11 is 0. The number of hydrogen-bond acceptors (Lipinski definition) is 3. The molecule has 4 nitrogen and oxygen atoms in total. The van der Waals surface area contributed by atoms with Crippen LogP contribution in [0, 0.1) is 19.8 Å². The quantitative estimate of drug-likeness (QED) is 0.701. The van der Waals surface area contributed by atoms with E-state index >= 15 is 0 Å². The van der Waals surface area contributed by atoms with Gasteiger partial charge in [-0.2, -0.15) is 5.10 Å². The summed E-state index contributed by atoms with van der Waals surface area (Å²) in [5.74, 6) is 0.708. The van der Waals surface area contributed by atoms with E-state index in [0.717, 1.165) is 31.7 Å². The number of pyridine rings is 1. The number of rotatable bonds is 5. The first-order chi connectivity index (χ1) is 12.7. The van der Waals surface area contributed by atoms with E-state index in [9.17, 15) is 0 Å². The molecule has 1 saturated heterocycles. The molecule has 0 saturated carbocycles. The van der Waals surface area contributed by atoms with Crippen molar-refractivity contribution < 1.29 is 0 Å². The maximum Gasteiger partial charge on any atom is 0.0648 e. The lowest BCUT2D eigenvalue weighted by atomic mass is 10.0. The predicted octanol–water partition coefficient (Wildman–Crippen LogP) is 3.95. The number of hydrogen-bond donors (Lipinski definition) is 0. The number of likely N-dealkylation sites (tertiary alicyclic amines) is 1. The average molecular weight is 346 g/mol. The summed E-state index contributed by atoms with van der Waals surface area (Å²) in [6.07, 6.45) is 8.39. The Bertz CT molecular complexity index is 869. The standard InChI is InChI=1S/C22H26N4/c1-17-6-7-22(11-18(17)2)26-16-20(13-24-26)15-25-10-8-19(14-25)12-21-5-3-4-9-23-21/h3-7,9,11,13,16,19H,8,10,12,14-15H2,1-2H3. The fourth-order valence-electron chi connectivity index (χ4n) is 3.75. The zero-order valence-electron chi connectivity index (χ0n) is 15.6. The zero-order chi connectivity index (χ0) is 17.9. The molecule has 1 fully saturated rings. The molecule has 3 aromatic rings. The molecule has 0 bridgehead atoms. The molecule has 1 aliphatic heterocycles. The molecule has 0 N–H and O–H groups in total. The van der Waals surface area contributed by atoms with E-state index < -0.39 is 0 Å².